The molecule has 2 aliphatic heterocycles. The normalized spacial score (nSPS) is 24.7. The van der Waals surface area contributed by atoms with Gasteiger partial charge in [0.2, 0.25) is 0 Å². The smallest absolute Gasteiger partial charge is 0.278 e. The van der Waals surface area contributed by atoms with Crippen molar-refractivity contribution in [3.63, 3.8) is 0 Å². The van der Waals surface area contributed by atoms with E-state index >= 15 is 0 Å². The van der Waals surface area contributed by atoms with Crippen LogP contribution in [-0.4, -0.2) is 58.5 Å². The van der Waals surface area contributed by atoms with E-state index in [0.29, 0.717) is 12.3 Å². The summed E-state index contributed by atoms with van der Waals surface area (Å²) in [4.78, 5) is 23.5. The average molecular weight is 547 g/mol. The monoisotopic (exact) mass is 546 g/mol. The fourth-order valence-electron chi connectivity index (χ4n) is 6.04. The topological polar surface area (TPSA) is 100 Å². The SMILES string of the molecule is CC1(C)O[C@@H]2[C@H](O1)[C@@H](CO[Si](c1ccccc1)(c1ccccc1)C(C)(C)C)O[C@H]2n1cnc2c(=O)[nH]cnc21. The number of imidazole rings is 1. The second kappa shape index (κ2) is 9.49. The van der Waals surface area contributed by atoms with Crippen molar-refractivity contribution in [2.45, 2.75) is 70.0 Å². The molecule has 4 aromatic rings. The van der Waals surface area contributed by atoms with Crippen LogP contribution in [-0.2, 0) is 18.6 Å². The van der Waals surface area contributed by atoms with Crippen LogP contribution in [0.2, 0.25) is 5.04 Å². The second-order valence-corrected chi connectivity index (χ2v) is 16.0. The van der Waals surface area contributed by atoms with E-state index in [1.807, 2.05) is 26.0 Å². The number of nitrogens with one attached hydrogen (secondary N) is 1. The van der Waals surface area contributed by atoms with Crippen LogP contribution in [0.3, 0.4) is 0 Å². The molecule has 39 heavy (non-hydrogen) atoms. The molecule has 0 saturated carbocycles. The second-order valence-electron chi connectivity index (χ2n) is 11.7. The quantitative estimate of drug-likeness (QED) is 0.371. The predicted octanol–water partition coefficient (Wildman–Crippen LogP) is 3.11. The molecule has 2 aromatic heterocycles. The lowest BCUT2D eigenvalue weighted by Crippen LogP contribution is -2.67. The number of fused-ring (bicyclic) bond motifs is 2. The van der Waals surface area contributed by atoms with E-state index in [1.165, 1.54) is 16.7 Å². The third-order valence-electron chi connectivity index (χ3n) is 7.65. The van der Waals surface area contributed by atoms with Crippen LogP contribution in [0.1, 0.15) is 40.8 Å². The van der Waals surface area contributed by atoms with Crippen LogP contribution in [0.25, 0.3) is 11.2 Å². The molecule has 9 nitrogen and oxygen atoms in total. The Labute approximate surface area is 228 Å². The Kier molecular flexibility index (Phi) is 6.35. The number of hydrogen-bond acceptors (Lipinski definition) is 7. The summed E-state index contributed by atoms with van der Waals surface area (Å²) in [6.45, 7) is 10.9. The number of rotatable bonds is 6. The van der Waals surface area contributed by atoms with Crippen molar-refractivity contribution in [2.75, 3.05) is 6.61 Å². The first-order valence-corrected chi connectivity index (χ1v) is 15.2. The molecule has 10 heteroatoms. The number of H-pyrrole nitrogens is 1. The van der Waals surface area contributed by atoms with Crippen LogP contribution >= 0.6 is 0 Å². The number of aromatic amines is 1. The molecular formula is C29H34N4O5Si. The van der Waals surface area contributed by atoms with Gasteiger partial charge in [-0.15, -0.1) is 0 Å². The summed E-state index contributed by atoms with van der Waals surface area (Å²) >= 11 is 0. The molecule has 2 fully saturated rings. The molecule has 2 aliphatic rings. The third-order valence-corrected chi connectivity index (χ3v) is 12.7. The van der Waals surface area contributed by atoms with Gasteiger partial charge in [0.1, 0.15) is 18.3 Å². The largest absolute Gasteiger partial charge is 0.405 e. The van der Waals surface area contributed by atoms with Gasteiger partial charge in [0.15, 0.2) is 23.2 Å². The van der Waals surface area contributed by atoms with Gasteiger partial charge >= 0.3 is 0 Å². The van der Waals surface area contributed by atoms with Crippen LogP contribution in [0, 0.1) is 0 Å². The molecule has 1 N–H and O–H groups in total. The summed E-state index contributed by atoms with van der Waals surface area (Å²) in [5.74, 6) is -0.797. The summed E-state index contributed by atoms with van der Waals surface area (Å²) in [6.07, 6.45) is 1.16. The Morgan fingerprint density at radius 2 is 1.59 bits per heavy atom. The number of nitrogens with zero attached hydrogens (tertiary/aromatic N) is 3. The van der Waals surface area contributed by atoms with E-state index in [9.17, 15) is 4.79 Å². The highest BCUT2D eigenvalue weighted by Gasteiger charge is 2.58. The van der Waals surface area contributed by atoms with Crippen LogP contribution in [0.15, 0.2) is 78.1 Å². The van der Waals surface area contributed by atoms with Gasteiger partial charge in [0.05, 0.1) is 19.3 Å². The minimum Gasteiger partial charge on any atom is -0.405 e. The predicted molar refractivity (Wildman–Crippen MR) is 149 cm³/mol. The summed E-state index contributed by atoms with van der Waals surface area (Å²) < 4.78 is 28.3. The standard InChI is InChI=1S/C29H34N4O5Si/c1-28(2,3)39(19-12-8-6-9-13-19,20-14-10-7-11-15-20)35-16-21-23-24(38-29(4,5)37-23)27(36-21)33-18-32-22-25(33)30-17-31-26(22)34/h6-15,17-18,21,23-24,27H,16H2,1-5H3,(H,30,31,34)/t21-,23-,24-,27-/m1/s1. The third kappa shape index (κ3) is 4.36. The average Bonchev–Trinajstić information content (AvgIpc) is 3.56. The van der Waals surface area contributed by atoms with Crippen molar-refractivity contribution in [1.82, 2.24) is 19.5 Å². The number of hydrogen-bond donors (Lipinski definition) is 1. The minimum atomic E-state index is -2.79. The number of benzene rings is 2. The first-order valence-electron chi connectivity index (χ1n) is 13.3. The van der Waals surface area contributed by atoms with E-state index < -0.39 is 32.5 Å². The summed E-state index contributed by atoms with van der Waals surface area (Å²) in [6, 6.07) is 21.0. The summed E-state index contributed by atoms with van der Waals surface area (Å²) in [7, 11) is -2.79. The zero-order valence-electron chi connectivity index (χ0n) is 22.8. The molecule has 0 bridgehead atoms. The van der Waals surface area contributed by atoms with Gasteiger partial charge in [-0.1, -0.05) is 81.4 Å². The van der Waals surface area contributed by atoms with E-state index in [2.05, 4.69) is 84.3 Å². The Morgan fingerprint density at radius 3 is 2.21 bits per heavy atom. The molecule has 204 valence electrons. The lowest BCUT2D eigenvalue weighted by Gasteiger charge is -2.43. The lowest BCUT2D eigenvalue weighted by atomic mass is 10.1. The zero-order chi connectivity index (χ0) is 27.4. The van der Waals surface area contributed by atoms with Crippen molar-refractivity contribution in [1.29, 1.82) is 0 Å². The van der Waals surface area contributed by atoms with Gasteiger partial charge in [-0.05, 0) is 29.3 Å². The first-order chi connectivity index (χ1) is 18.6. The Bertz CT molecular complexity index is 1480. The molecule has 2 aromatic carbocycles. The molecule has 4 heterocycles. The Balaban J connectivity index is 1.38. The molecule has 6 rings (SSSR count). The first kappa shape index (κ1) is 26.1. The highest BCUT2D eigenvalue weighted by molar-refractivity contribution is 6.99. The molecule has 0 amide bonds. The number of aromatic nitrogens is 4. The fourth-order valence-corrected chi connectivity index (χ4v) is 10.6. The lowest BCUT2D eigenvalue weighted by molar-refractivity contribution is -0.199. The van der Waals surface area contributed by atoms with Gasteiger partial charge in [0, 0.05) is 0 Å². The molecule has 0 radical (unpaired) electrons. The fraction of sp³-hybridized carbons (Fsp3) is 0.414. The maximum atomic E-state index is 12.3. The van der Waals surface area contributed by atoms with Crippen molar-refractivity contribution in [3.05, 3.63) is 83.7 Å². The molecule has 4 atom stereocenters. The van der Waals surface area contributed by atoms with Gasteiger partial charge < -0.3 is 23.6 Å². The minimum absolute atomic E-state index is 0.176. The van der Waals surface area contributed by atoms with Crippen molar-refractivity contribution in [3.8, 4) is 0 Å². The van der Waals surface area contributed by atoms with Crippen LogP contribution < -0.4 is 15.9 Å². The van der Waals surface area contributed by atoms with E-state index in [-0.39, 0.29) is 22.2 Å². The van der Waals surface area contributed by atoms with Crippen LogP contribution in [0.4, 0.5) is 0 Å². The zero-order valence-corrected chi connectivity index (χ0v) is 23.8. The highest BCUT2D eigenvalue weighted by Crippen LogP contribution is 2.44. The molecular weight excluding hydrogens is 512 g/mol. The Hall–Kier alpha value is -3.15. The van der Waals surface area contributed by atoms with Crippen LogP contribution in [0.5, 0.6) is 0 Å². The molecule has 0 aliphatic carbocycles. The molecule has 0 spiro atoms. The maximum absolute atomic E-state index is 12.3. The van der Waals surface area contributed by atoms with E-state index in [4.69, 9.17) is 18.6 Å². The van der Waals surface area contributed by atoms with Crippen molar-refractivity contribution >= 4 is 29.9 Å². The number of ether oxygens (including phenoxy) is 3. The summed E-state index contributed by atoms with van der Waals surface area (Å²) in [5.41, 5.74) is 0.385. The van der Waals surface area contributed by atoms with E-state index in [0.717, 1.165) is 0 Å². The van der Waals surface area contributed by atoms with Gasteiger partial charge in [0.25, 0.3) is 13.9 Å². The highest BCUT2D eigenvalue weighted by atomic mass is 28.4. The van der Waals surface area contributed by atoms with E-state index in [1.54, 1.807) is 10.9 Å². The van der Waals surface area contributed by atoms with Crippen molar-refractivity contribution in [2.24, 2.45) is 0 Å². The van der Waals surface area contributed by atoms with Gasteiger partial charge in [-0.2, -0.15) is 0 Å². The summed E-state index contributed by atoms with van der Waals surface area (Å²) in [5, 5.41) is 2.22. The van der Waals surface area contributed by atoms with Gasteiger partial charge in [-0.3, -0.25) is 9.36 Å². The van der Waals surface area contributed by atoms with Crippen molar-refractivity contribution < 1.29 is 18.6 Å². The van der Waals surface area contributed by atoms with Gasteiger partial charge in [-0.25, -0.2) is 9.97 Å². The maximum Gasteiger partial charge on any atom is 0.278 e. The molecule has 0 unspecified atom stereocenters. The molecule has 2 saturated heterocycles. The Morgan fingerprint density at radius 1 is 0.974 bits per heavy atom.